The Bertz CT molecular complexity index is 227. The molecule has 3 N–H and O–H groups in total. The average molecular weight is 229 g/mol. The molecule has 0 aromatic heterocycles. The van der Waals surface area contributed by atoms with Gasteiger partial charge in [-0.25, -0.2) is 0 Å². The van der Waals surface area contributed by atoms with Crippen LogP contribution in [0.2, 0.25) is 0 Å². The number of piperidine rings is 1. The number of carboxylic acid groups (broad SMARTS) is 1. The van der Waals surface area contributed by atoms with E-state index < -0.39 is 12.0 Å². The maximum absolute atomic E-state index is 10.6. The summed E-state index contributed by atoms with van der Waals surface area (Å²) in [4.78, 5) is 15.2. The van der Waals surface area contributed by atoms with E-state index in [-0.39, 0.29) is 0 Å². The topological polar surface area (TPSA) is 69.8 Å². The molecule has 0 radical (unpaired) electrons. The second kappa shape index (κ2) is 6.18. The van der Waals surface area contributed by atoms with E-state index in [2.05, 4.69) is 23.9 Å². The van der Waals surface area contributed by atoms with E-state index >= 15 is 0 Å². The van der Waals surface area contributed by atoms with Gasteiger partial charge >= 0.3 is 5.97 Å². The molecule has 1 fully saturated rings. The molecule has 0 bridgehead atoms. The number of carboxylic acids is 1. The van der Waals surface area contributed by atoms with E-state index in [9.17, 15) is 4.79 Å². The molecule has 0 saturated carbocycles. The fraction of sp³-hybridized carbons (Fsp3) is 0.909. The molecule has 0 aliphatic carbocycles. The molecular formula is C11H23N3O2. The largest absolute Gasteiger partial charge is 0.480 e. The molecule has 5 heteroatoms. The normalized spacial score (nSPS) is 21.2. The summed E-state index contributed by atoms with van der Waals surface area (Å²) in [6, 6.07) is -0.147. The highest BCUT2D eigenvalue weighted by atomic mass is 16.4. The number of nitrogens with zero attached hydrogens (tertiary/aromatic N) is 2. The smallest absolute Gasteiger partial charge is 0.320 e. The molecule has 1 heterocycles. The summed E-state index contributed by atoms with van der Waals surface area (Å²) in [7, 11) is 4.20. The highest BCUT2D eigenvalue weighted by Gasteiger charge is 2.21. The maximum Gasteiger partial charge on any atom is 0.320 e. The first-order chi connectivity index (χ1) is 7.50. The molecule has 1 unspecified atom stereocenters. The Kier molecular flexibility index (Phi) is 5.18. The Balaban J connectivity index is 2.24. The number of likely N-dealkylation sites (tertiary alicyclic amines) is 1. The first-order valence-electron chi connectivity index (χ1n) is 5.88. The van der Waals surface area contributed by atoms with Crippen molar-refractivity contribution < 1.29 is 9.90 Å². The van der Waals surface area contributed by atoms with Gasteiger partial charge in [0, 0.05) is 12.6 Å². The lowest BCUT2D eigenvalue weighted by Crippen LogP contribution is -2.43. The quantitative estimate of drug-likeness (QED) is 0.684. The summed E-state index contributed by atoms with van der Waals surface area (Å²) in [5.41, 5.74) is 5.48. The number of carbonyl (C=O) groups is 1. The first kappa shape index (κ1) is 13.4. The van der Waals surface area contributed by atoms with Crippen LogP contribution in [-0.2, 0) is 4.79 Å². The fourth-order valence-corrected chi connectivity index (χ4v) is 2.08. The maximum atomic E-state index is 10.6. The van der Waals surface area contributed by atoms with Crippen LogP contribution in [0.5, 0.6) is 0 Å². The summed E-state index contributed by atoms with van der Waals surface area (Å²) < 4.78 is 0. The molecule has 1 aliphatic heterocycles. The molecule has 0 aromatic rings. The number of hydrogen-bond acceptors (Lipinski definition) is 4. The summed E-state index contributed by atoms with van der Waals surface area (Å²) >= 11 is 0. The van der Waals surface area contributed by atoms with Gasteiger partial charge in [0.2, 0.25) is 0 Å². The van der Waals surface area contributed by atoms with Crippen molar-refractivity contribution in [1.82, 2.24) is 9.80 Å². The standard InChI is InChI=1S/C11H23N3O2/c1-13-6-3-9(4-7-13)14(2)8-5-10(12)11(15)16/h9-10H,3-8,12H2,1-2H3,(H,15,16). The highest BCUT2D eigenvalue weighted by Crippen LogP contribution is 2.14. The van der Waals surface area contributed by atoms with Gasteiger partial charge in [0.05, 0.1) is 0 Å². The van der Waals surface area contributed by atoms with Gasteiger partial charge in [-0.05, 0) is 46.4 Å². The zero-order chi connectivity index (χ0) is 12.1. The van der Waals surface area contributed by atoms with E-state index in [1.54, 1.807) is 0 Å². The lowest BCUT2D eigenvalue weighted by atomic mass is 10.0. The lowest BCUT2D eigenvalue weighted by molar-refractivity contribution is -0.138. The van der Waals surface area contributed by atoms with Gasteiger partial charge in [0.25, 0.3) is 0 Å². The van der Waals surface area contributed by atoms with Crippen molar-refractivity contribution in [3.8, 4) is 0 Å². The van der Waals surface area contributed by atoms with Crippen LogP contribution in [0.25, 0.3) is 0 Å². The van der Waals surface area contributed by atoms with E-state index in [1.165, 1.54) is 0 Å². The van der Waals surface area contributed by atoms with Gasteiger partial charge in [-0.3, -0.25) is 4.79 Å². The number of nitrogens with two attached hydrogens (primary N) is 1. The third-order valence-corrected chi connectivity index (χ3v) is 3.42. The van der Waals surface area contributed by atoms with Gasteiger partial charge in [-0.1, -0.05) is 0 Å². The van der Waals surface area contributed by atoms with Gasteiger partial charge < -0.3 is 20.6 Å². The Morgan fingerprint density at radius 1 is 1.56 bits per heavy atom. The van der Waals surface area contributed by atoms with Gasteiger partial charge in [-0.2, -0.15) is 0 Å². The van der Waals surface area contributed by atoms with Crippen molar-refractivity contribution in [3.63, 3.8) is 0 Å². The van der Waals surface area contributed by atoms with Crippen LogP contribution in [0, 0.1) is 0 Å². The fourth-order valence-electron chi connectivity index (χ4n) is 2.08. The summed E-state index contributed by atoms with van der Waals surface area (Å²) in [6.07, 6.45) is 2.85. The van der Waals surface area contributed by atoms with E-state index in [0.717, 1.165) is 32.5 Å². The molecule has 5 nitrogen and oxygen atoms in total. The van der Waals surface area contributed by atoms with Gasteiger partial charge in [0.1, 0.15) is 6.04 Å². The first-order valence-corrected chi connectivity index (χ1v) is 5.88. The molecule has 94 valence electrons. The molecule has 1 saturated heterocycles. The molecule has 16 heavy (non-hydrogen) atoms. The molecule has 0 spiro atoms. The number of rotatable bonds is 5. The third-order valence-electron chi connectivity index (χ3n) is 3.42. The Labute approximate surface area is 97.2 Å². The molecule has 0 aromatic carbocycles. The molecule has 0 amide bonds. The minimum Gasteiger partial charge on any atom is -0.480 e. The second-order valence-corrected chi connectivity index (χ2v) is 4.75. The number of aliphatic carboxylic acids is 1. The van der Waals surface area contributed by atoms with Crippen LogP contribution in [-0.4, -0.2) is 66.7 Å². The van der Waals surface area contributed by atoms with Gasteiger partial charge in [0.15, 0.2) is 0 Å². The minimum atomic E-state index is -0.906. The SMILES string of the molecule is CN1CCC(N(C)CCC(N)C(=O)O)CC1. The van der Waals surface area contributed by atoms with Crippen LogP contribution in [0.4, 0.5) is 0 Å². The van der Waals surface area contributed by atoms with Gasteiger partial charge in [-0.15, -0.1) is 0 Å². The Morgan fingerprint density at radius 2 is 2.12 bits per heavy atom. The van der Waals surface area contributed by atoms with Crippen LogP contribution < -0.4 is 5.73 Å². The van der Waals surface area contributed by atoms with E-state index in [1.807, 2.05) is 0 Å². The van der Waals surface area contributed by atoms with Crippen LogP contribution >= 0.6 is 0 Å². The monoisotopic (exact) mass is 229 g/mol. The lowest BCUT2D eigenvalue weighted by Gasteiger charge is -2.35. The molecular weight excluding hydrogens is 206 g/mol. The van der Waals surface area contributed by atoms with Crippen molar-refractivity contribution in [2.75, 3.05) is 33.7 Å². The zero-order valence-corrected chi connectivity index (χ0v) is 10.2. The minimum absolute atomic E-state index is 0.526. The predicted molar refractivity (Wildman–Crippen MR) is 63.4 cm³/mol. The van der Waals surface area contributed by atoms with Crippen molar-refractivity contribution in [3.05, 3.63) is 0 Å². The zero-order valence-electron chi connectivity index (χ0n) is 10.2. The Morgan fingerprint density at radius 3 is 2.62 bits per heavy atom. The van der Waals surface area contributed by atoms with E-state index in [0.29, 0.717) is 12.5 Å². The predicted octanol–water partition coefficient (Wildman–Crippen LogP) is -0.186. The van der Waals surface area contributed by atoms with Crippen molar-refractivity contribution in [2.45, 2.75) is 31.3 Å². The van der Waals surface area contributed by atoms with Crippen molar-refractivity contribution in [1.29, 1.82) is 0 Å². The summed E-state index contributed by atoms with van der Waals surface area (Å²) in [5, 5.41) is 8.69. The molecule has 1 aliphatic rings. The van der Waals surface area contributed by atoms with Crippen LogP contribution in [0.15, 0.2) is 0 Å². The van der Waals surface area contributed by atoms with E-state index in [4.69, 9.17) is 10.8 Å². The van der Waals surface area contributed by atoms with Crippen molar-refractivity contribution >= 4 is 5.97 Å². The third kappa shape index (κ3) is 4.08. The Hall–Kier alpha value is -0.650. The number of hydrogen-bond donors (Lipinski definition) is 2. The van der Waals surface area contributed by atoms with Crippen molar-refractivity contribution in [2.24, 2.45) is 5.73 Å². The van der Waals surface area contributed by atoms with Crippen LogP contribution in [0.3, 0.4) is 0 Å². The van der Waals surface area contributed by atoms with Crippen LogP contribution in [0.1, 0.15) is 19.3 Å². The summed E-state index contributed by atoms with van der Waals surface area (Å²) in [5.74, 6) is -0.906. The second-order valence-electron chi connectivity index (χ2n) is 4.75. The molecule has 1 atom stereocenters. The average Bonchev–Trinajstić information content (AvgIpc) is 2.26. The summed E-state index contributed by atoms with van der Waals surface area (Å²) in [6.45, 7) is 3.02. The molecule has 1 rings (SSSR count). The highest BCUT2D eigenvalue weighted by molar-refractivity contribution is 5.72.